The van der Waals surface area contributed by atoms with Crippen LogP contribution in [0.3, 0.4) is 0 Å². The average Bonchev–Trinajstić information content (AvgIpc) is 2.95. The number of carbonyl (C=O) groups is 1. The summed E-state index contributed by atoms with van der Waals surface area (Å²) in [6.07, 6.45) is -6.16. The SMILES string of the molecule is Cc1ccc(C)c(C(C)NC(=O)CC(O)(c2nc(C)cs2)C(F)(F)F)c1. The summed E-state index contributed by atoms with van der Waals surface area (Å²) >= 11 is 0.684. The lowest BCUT2D eigenvalue weighted by molar-refractivity contribution is -0.267. The van der Waals surface area contributed by atoms with Gasteiger partial charge in [0.1, 0.15) is 5.01 Å². The Morgan fingerprint density at radius 1 is 1.31 bits per heavy atom. The summed E-state index contributed by atoms with van der Waals surface area (Å²) in [6.45, 7) is 6.98. The normalized spacial score (nSPS) is 15.4. The Balaban J connectivity index is 2.21. The molecule has 0 saturated heterocycles. The number of aromatic nitrogens is 1. The molecule has 0 bridgehead atoms. The van der Waals surface area contributed by atoms with E-state index in [0.717, 1.165) is 16.7 Å². The third-order valence-electron chi connectivity index (χ3n) is 4.14. The molecule has 2 unspecified atom stereocenters. The molecule has 8 heteroatoms. The summed E-state index contributed by atoms with van der Waals surface area (Å²) in [5, 5.41) is 13.7. The minimum atomic E-state index is -5.02. The van der Waals surface area contributed by atoms with E-state index in [0.29, 0.717) is 17.0 Å². The van der Waals surface area contributed by atoms with Gasteiger partial charge < -0.3 is 10.4 Å². The van der Waals surface area contributed by atoms with Gasteiger partial charge in [0.2, 0.25) is 11.5 Å². The van der Waals surface area contributed by atoms with E-state index < -0.39 is 35.2 Å². The molecule has 0 fully saturated rings. The minimum absolute atomic E-state index is 0.358. The summed E-state index contributed by atoms with van der Waals surface area (Å²) in [6, 6.07) is 5.19. The Morgan fingerprint density at radius 2 is 1.96 bits per heavy atom. The van der Waals surface area contributed by atoms with E-state index in [1.807, 2.05) is 32.0 Å². The number of aryl methyl sites for hydroxylation is 3. The van der Waals surface area contributed by atoms with Crippen LogP contribution in [0.2, 0.25) is 0 Å². The van der Waals surface area contributed by atoms with Crippen LogP contribution in [-0.2, 0) is 10.4 Å². The topological polar surface area (TPSA) is 62.2 Å². The Hall–Kier alpha value is -1.93. The van der Waals surface area contributed by atoms with Gasteiger partial charge in [-0.25, -0.2) is 4.98 Å². The van der Waals surface area contributed by atoms with Crippen LogP contribution in [0.1, 0.15) is 46.8 Å². The number of nitrogens with one attached hydrogen (secondary N) is 1. The molecule has 26 heavy (non-hydrogen) atoms. The van der Waals surface area contributed by atoms with E-state index in [2.05, 4.69) is 10.3 Å². The van der Waals surface area contributed by atoms with Gasteiger partial charge in [0.25, 0.3) is 0 Å². The summed E-state index contributed by atoms with van der Waals surface area (Å²) in [5.41, 5.74) is -0.227. The number of thiazole rings is 1. The van der Waals surface area contributed by atoms with E-state index in [-0.39, 0.29) is 0 Å². The van der Waals surface area contributed by atoms with E-state index in [1.54, 1.807) is 6.92 Å². The molecule has 1 aromatic heterocycles. The number of hydrogen-bond acceptors (Lipinski definition) is 4. The van der Waals surface area contributed by atoms with E-state index in [1.165, 1.54) is 12.3 Å². The van der Waals surface area contributed by atoms with Gasteiger partial charge in [0, 0.05) is 11.1 Å². The molecule has 0 aliphatic rings. The van der Waals surface area contributed by atoms with Crippen LogP contribution in [0.15, 0.2) is 23.6 Å². The zero-order valence-corrected chi connectivity index (χ0v) is 15.8. The van der Waals surface area contributed by atoms with E-state index in [9.17, 15) is 23.1 Å². The molecule has 1 aromatic carbocycles. The predicted octanol–water partition coefficient (Wildman–Crippen LogP) is 4.09. The van der Waals surface area contributed by atoms with Gasteiger partial charge >= 0.3 is 6.18 Å². The molecule has 0 aliphatic carbocycles. The van der Waals surface area contributed by atoms with Crippen molar-refractivity contribution >= 4 is 17.2 Å². The van der Waals surface area contributed by atoms with Crippen molar-refractivity contribution in [1.82, 2.24) is 10.3 Å². The zero-order chi connectivity index (χ0) is 19.7. The van der Waals surface area contributed by atoms with Gasteiger partial charge in [-0.2, -0.15) is 13.2 Å². The fourth-order valence-corrected chi connectivity index (χ4v) is 3.58. The van der Waals surface area contributed by atoms with Crippen molar-refractivity contribution in [2.24, 2.45) is 0 Å². The van der Waals surface area contributed by atoms with Crippen LogP contribution in [0.4, 0.5) is 13.2 Å². The number of hydrogen-bond donors (Lipinski definition) is 2. The van der Waals surface area contributed by atoms with Gasteiger partial charge in [0.05, 0.1) is 12.5 Å². The molecule has 142 valence electrons. The quantitative estimate of drug-likeness (QED) is 0.814. The maximum Gasteiger partial charge on any atom is 0.424 e. The van der Waals surface area contributed by atoms with Gasteiger partial charge in [-0.05, 0) is 38.8 Å². The molecule has 2 aromatic rings. The van der Waals surface area contributed by atoms with Gasteiger partial charge in [0.15, 0.2) is 0 Å². The molecule has 0 radical (unpaired) electrons. The van der Waals surface area contributed by atoms with E-state index >= 15 is 0 Å². The van der Waals surface area contributed by atoms with Crippen molar-refractivity contribution in [2.75, 3.05) is 0 Å². The minimum Gasteiger partial charge on any atom is -0.374 e. The zero-order valence-electron chi connectivity index (χ0n) is 14.9. The molecule has 0 aliphatic heterocycles. The lowest BCUT2D eigenvalue weighted by Gasteiger charge is -2.28. The number of alkyl halides is 3. The second kappa shape index (κ2) is 7.36. The molecule has 2 rings (SSSR count). The number of halogens is 3. The highest BCUT2D eigenvalue weighted by Crippen LogP contribution is 2.42. The van der Waals surface area contributed by atoms with Crippen molar-refractivity contribution in [3.63, 3.8) is 0 Å². The average molecular weight is 386 g/mol. The largest absolute Gasteiger partial charge is 0.424 e. The summed E-state index contributed by atoms with van der Waals surface area (Å²) in [5.74, 6) is -0.897. The van der Waals surface area contributed by atoms with Crippen LogP contribution in [-0.4, -0.2) is 22.2 Å². The van der Waals surface area contributed by atoms with Crippen LogP contribution in [0, 0.1) is 20.8 Å². The standard InChI is InChI=1S/C18H21F3N2O2S/c1-10-5-6-11(2)14(7-10)13(4)23-15(24)8-17(25,18(19,20)21)16-22-12(3)9-26-16/h5-7,9,13,25H,8H2,1-4H3,(H,23,24). The van der Waals surface area contributed by atoms with Crippen LogP contribution in [0.25, 0.3) is 0 Å². The lowest BCUT2D eigenvalue weighted by atomic mass is 9.97. The Kier molecular flexibility index (Phi) is 5.77. The number of benzene rings is 1. The second-order valence-electron chi connectivity index (χ2n) is 6.48. The molecular weight excluding hydrogens is 365 g/mol. The Bertz CT molecular complexity index is 804. The van der Waals surface area contributed by atoms with Crippen LogP contribution in [0.5, 0.6) is 0 Å². The third-order valence-corrected chi connectivity index (χ3v) is 5.25. The number of amides is 1. The maximum absolute atomic E-state index is 13.5. The third kappa shape index (κ3) is 4.24. The number of rotatable bonds is 5. The van der Waals surface area contributed by atoms with Crippen molar-refractivity contribution < 1.29 is 23.1 Å². The van der Waals surface area contributed by atoms with Crippen LogP contribution >= 0.6 is 11.3 Å². The summed E-state index contributed by atoms with van der Waals surface area (Å²) in [4.78, 5) is 16.0. The fourth-order valence-electron chi connectivity index (χ4n) is 2.67. The molecular formula is C18H21F3N2O2S. The maximum atomic E-state index is 13.5. The molecule has 0 saturated carbocycles. The van der Waals surface area contributed by atoms with Gasteiger partial charge in [-0.1, -0.05) is 23.8 Å². The molecule has 1 amide bonds. The summed E-state index contributed by atoms with van der Waals surface area (Å²) < 4.78 is 40.4. The van der Waals surface area contributed by atoms with Crippen molar-refractivity contribution in [3.05, 3.63) is 51.0 Å². The van der Waals surface area contributed by atoms with Crippen molar-refractivity contribution in [1.29, 1.82) is 0 Å². The lowest BCUT2D eigenvalue weighted by Crippen LogP contribution is -2.46. The molecule has 0 spiro atoms. The van der Waals surface area contributed by atoms with Crippen molar-refractivity contribution in [2.45, 2.75) is 51.9 Å². The Morgan fingerprint density at radius 3 is 2.50 bits per heavy atom. The predicted molar refractivity (Wildman–Crippen MR) is 93.9 cm³/mol. The fraction of sp³-hybridized carbons (Fsp3) is 0.444. The number of aliphatic hydroxyl groups is 1. The molecule has 2 N–H and O–H groups in total. The smallest absolute Gasteiger partial charge is 0.374 e. The van der Waals surface area contributed by atoms with Gasteiger partial charge in [-0.15, -0.1) is 11.3 Å². The first-order chi connectivity index (χ1) is 11.9. The van der Waals surface area contributed by atoms with E-state index in [4.69, 9.17) is 0 Å². The first-order valence-corrected chi connectivity index (χ1v) is 8.90. The monoisotopic (exact) mass is 386 g/mol. The number of carbonyl (C=O) groups excluding carboxylic acids is 1. The first-order valence-electron chi connectivity index (χ1n) is 8.02. The Labute approximate surface area is 154 Å². The van der Waals surface area contributed by atoms with Crippen molar-refractivity contribution in [3.8, 4) is 0 Å². The molecule has 1 heterocycles. The number of nitrogens with zero attached hydrogens (tertiary/aromatic N) is 1. The molecule has 4 nitrogen and oxygen atoms in total. The van der Waals surface area contributed by atoms with Crippen LogP contribution < -0.4 is 5.32 Å². The highest BCUT2D eigenvalue weighted by molar-refractivity contribution is 7.09. The first kappa shape index (κ1) is 20.4. The molecule has 2 atom stereocenters. The second-order valence-corrected chi connectivity index (χ2v) is 7.34. The highest BCUT2D eigenvalue weighted by Gasteiger charge is 2.58. The van der Waals surface area contributed by atoms with Gasteiger partial charge in [-0.3, -0.25) is 4.79 Å². The summed E-state index contributed by atoms with van der Waals surface area (Å²) in [7, 11) is 0. The highest BCUT2D eigenvalue weighted by atomic mass is 32.1.